The Bertz CT molecular complexity index is 564. The van der Waals surface area contributed by atoms with Crippen molar-refractivity contribution in [1.82, 2.24) is 9.78 Å². The fraction of sp³-hybridized carbons (Fsp3) is 0.571. The molecule has 20 heavy (non-hydrogen) atoms. The summed E-state index contributed by atoms with van der Waals surface area (Å²) in [4.78, 5) is 11.7. The van der Waals surface area contributed by atoms with Crippen molar-refractivity contribution in [3.8, 4) is 0 Å². The second-order valence-corrected chi connectivity index (χ2v) is 5.29. The Hall–Kier alpha value is -1.82. The maximum atomic E-state index is 11.7. The molecule has 0 aliphatic heterocycles. The minimum Gasteiger partial charge on any atom is -0.466 e. The van der Waals surface area contributed by atoms with Crippen LogP contribution in [-0.4, -0.2) is 29.5 Å². The molecule has 0 aromatic carbocycles. The molecule has 6 heteroatoms. The van der Waals surface area contributed by atoms with Gasteiger partial charge < -0.3 is 15.2 Å². The van der Waals surface area contributed by atoms with Crippen LogP contribution in [-0.2, 0) is 21.0 Å². The second kappa shape index (κ2) is 4.94. The van der Waals surface area contributed by atoms with Crippen LogP contribution in [0.1, 0.15) is 19.0 Å². The number of fused-ring (bicyclic) bond motifs is 1. The van der Waals surface area contributed by atoms with Crippen LogP contribution >= 0.6 is 0 Å². The number of allylic oxidation sites excluding steroid dienone is 2. The number of carbonyl (C=O) groups excluding carboxylic acids is 1. The lowest BCUT2D eigenvalue weighted by molar-refractivity contribution is -0.145. The SMILES string of the molecule is CCOC(=O)[C@H]1[C@@H]2C=C(c3cc(N)n(COC)n3)C[C@@H]21. The minimum atomic E-state index is -0.0674. The third kappa shape index (κ3) is 2.10. The summed E-state index contributed by atoms with van der Waals surface area (Å²) in [5, 5.41) is 4.42. The van der Waals surface area contributed by atoms with Gasteiger partial charge in [0.25, 0.3) is 0 Å². The summed E-state index contributed by atoms with van der Waals surface area (Å²) in [6.45, 7) is 2.63. The highest BCUT2D eigenvalue weighted by molar-refractivity contribution is 5.81. The summed E-state index contributed by atoms with van der Waals surface area (Å²) >= 11 is 0. The summed E-state index contributed by atoms with van der Waals surface area (Å²) in [5.41, 5.74) is 7.93. The number of esters is 1. The molecule has 1 aromatic heterocycles. The molecule has 2 aliphatic carbocycles. The fourth-order valence-corrected chi connectivity index (χ4v) is 3.02. The zero-order valence-corrected chi connectivity index (χ0v) is 11.7. The molecule has 0 bridgehead atoms. The Morgan fingerprint density at radius 3 is 3.00 bits per heavy atom. The number of rotatable bonds is 5. The van der Waals surface area contributed by atoms with Gasteiger partial charge in [0.2, 0.25) is 0 Å². The molecule has 108 valence electrons. The van der Waals surface area contributed by atoms with E-state index in [1.54, 1.807) is 11.8 Å². The first-order valence-electron chi connectivity index (χ1n) is 6.85. The molecule has 1 saturated carbocycles. The molecular weight excluding hydrogens is 258 g/mol. The van der Waals surface area contributed by atoms with Gasteiger partial charge in [-0.2, -0.15) is 5.10 Å². The van der Waals surface area contributed by atoms with E-state index in [9.17, 15) is 4.79 Å². The number of nitrogens with two attached hydrogens (primary N) is 1. The molecular formula is C14H19N3O3. The van der Waals surface area contributed by atoms with Crippen LogP contribution in [0.25, 0.3) is 5.57 Å². The van der Waals surface area contributed by atoms with Crippen LogP contribution in [0.2, 0.25) is 0 Å². The van der Waals surface area contributed by atoms with E-state index in [1.807, 2.05) is 13.0 Å². The van der Waals surface area contributed by atoms with Crippen molar-refractivity contribution in [3.63, 3.8) is 0 Å². The van der Waals surface area contributed by atoms with Gasteiger partial charge in [0.1, 0.15) is 12.5 Å². The van der Waals surface area contributed by atoms with Gasteiger partial charge in [-0.05, 0) is 30.8 Å². The monoisotopic (exact) mass is 277 g/mol. The first-order chi connectivity index (χ1) is 9.65. The molecule has 6 nitrogen and oxygen atoms in total. The molecule has 2 aliphatic rings. The number of carbonyl (C=O) groups is 1. The number of aromatic nitrogens is 2. The lowest BCUT2D eigenvalue weighted by Crippen LogP contribution is -2.09. The van der Waals surface area contributed by atoms with E-state index >= 15 is 0 Å². The van der Waals surface area contributed by atoms with Gasteiger partial charge in [0.15, 0.2) is 0 Å². The van der Waals surface area contributed by atoms with Crippen LogP contribution < -0.4 is 5.73 Å². The Kier molecular flexibility index (Phi) is 3.25. The summed E-state index contributed by atoms with van der Waals surface area (Å²) in [6.07, 6.45) is 3.02. The van der Waals surface area contributed by atoms with Gasteiger partial charge in [-0.15, -0.1) is 0 Å². The third-order valence-corrected chi connectivity index (χ3v) is 4.03. The second-order valence-electron chi connectivity index (χ2n) is 5.29. The topological polar surface area (TPSA) is 79.4 Å². The van der Waals surface area contributed by atoms with Crippen molar-refractivity contribution in [2.45, 2.75) is 20.1 Å². The lowest BCUT2D eigenvalue weighted by Gasteiger charge is -2.04. The Labute approximate surface area is 117 Å². The van der Waals surface area contributed by atoms with Crippen LogP contribution in [0.3, 0.4) is 0 Å². The van der Waals surface area contributed by atoms with Gasteiger partial charge in [-0.25, -0.2) is 4.68 Å². The van der Waals surface area contributed by atoms with Gasteiger partial charge >= 0.3 is 5.97 Å². The number of methoxy groups -OCH3 is 1. The highest BCUT2D eigenvalue weighted by Gasteiger charge is 2.57. The Balaban J connectivity index is 1.70. The van der Waals surface area contributed by atoms with Crippen LogP contribution in [0.15, 0.2) is 12.1 Å². The Morgan fingerprint density at radius 1 is 1.60 bits per heavy atom. The molecule has 1 heterocycles. The van der Waals surface area contributed by atoms with Crippen molar-refractivity contribution < 1.29 is 14.3 Å². The molecule has 2 N–H and O–H groups in total. The predicted molar refractivity (Wildman–Crippen MR) is 73.3 cm³/mol. The molecule has 1 aromatic rings. The predicted octanol–water partition coefficient (Wildman–Crippen LogP) is 1.28. The maximum Gasteiger partial charge on any atom is 0.309 e. The number of anilines is 1. The zero-order chi connectivity index (χ0) is 14.3. The quantitative estimate of drug-likeness (QED) is 0.820. The number of nitrogens with zero attached hydrogens (tertiary/aromatic N) is 2. The van der Waals surface area contributed by atoms with E-state index in [1.165, 1.54) is 5.57 Å². The number of hydrogen-bond acceptors (Lipinski definition) is 5. The van der Waals surface area contributed by atoms with E-state index in [-0.39, 0.29) is 11.9 Å². The van der Waals surface area contributed by atoms with E-state index in [4.69, 9.17) is 15.2 Å². The van der Waals surface area contributed by atoms with E-state index in [2.05, 4.69) is 11.2 Å². The van der Waals surface area contributed by atoms with E-state index in [0.29, 0.717) is 31.0 Å². The normalized spacial score (nSPS) is 27.1. The molecule has 0 amide bonds. The molecule has 1 fully saturated rings. The van der Waals surface area contributed by atoms with E-state index < -0.39 is 0 Å². The van der Waals surface area contributed by atoms with E-state index in [0.717, 1.165) is 12.1 Å². The smallest absolute Gasteiger partial charge is 0.309 e. The van der Waals surface area contributed by atoms with Crippen molar-refractivity contribution in [3.05, 3.63) is 17.8 Å². The van der Waals surface area contributed by atoms with Gasteiger partial charge in [-0.1, -0.05) is 6.08 Å². The molecule has 3 atom stereocenters. The van der Waals surface area contributed by atoms with Gasteiger partial charge in [0, 0.05) is 13.2 Å². The van der Waals surface area contributed by atoms with Crippen LogP contribution in [0.4, 0.5) is 5.82 Å². The van der Waals surface area contributed by atoms with Gasteiger partial charge in [0.05, 0.1) is 18.2 Å². The van der Waals surface area contributed by atoms with Crippen LogP contribution in [0.5, 0.6) is 0 Å². The first-order valence-corrected chi connectivity index (χ1v) is 6.85. The maximum absolute atomic E-state index is 11.7. The molecule has 0 spiro atoms. The summed E-state index contributed by atoms with van der Waals surface area (Å²) in [7, 11) is 1.61. The zero-order valence-electron chi connectivity index (χ0n) is 11.7. The Morgan fingerprint density at radius 2 is 2.40 bits per heavy atom. The number of hydrogen-bond donors (Lipinski definition) is 1. The molecule has 0 unspecified atom stereocenters. The largest absolute Gasteiger partial charge is 0.466 e. The van der Waals surface area contributed by atoms with Crippen molar-refractivity contribution in [2.24, 2.45) is 17.8 Å². The van der Waals surface area contributed by atoms with Gasteiger partial charge in [-0.3, -0.25) is 4.79 Å². The number of nitrogen functional groups attached to an aromatic ring is 1. The standard InChI is InChI=1S/C14H19N3O3/c1-3-20-14(18)13-9-4-8(5-10(9)13)11-6-12(15)17(16-11)7-19-2/h4,6,9-10,13H,3,5,7,15H2,1-2H3/t9-,10+,13+/m1/s1. The summed E-state index contributed by atoms with van der Waals surface area (Å²) < 4.78 is 11.7. The van der Waals surface area contributed by atoms with Crippen molar-refractivity contribution in [2.75, 3.05) is 19.5 Å². The first kappa shape index (κ1) is 13.2. The summed E-state index contributed by atoms with van der Waals surface area (Å²) in [6, 6.07) is 1.86. The summed E-state index contributed by atoms with van der Waals surface area (Å²) in [5.74, 6) is 1.28. The fourth-order valence-electron chi connectivity index (χ4n) is 3.02. The van der Waals surface area contributed by atoms with Crippen molar-refractivity contribution >= 4 is 17.4 Å². The molecule has 3 rings (SSSR count). The molecule has 0 radical (unpaired) electrons. The minimum absolute atomic E-state index is 0.0529. The highest BCUT2D eigenvalue weighted by atomic mass is 16.5. The van der Waals surface area contributed by atoms with Crippen molar-refractivity contribution in [1.29, 1.82) is 0 Å². The average molecular weight is 277 g/mol. The lowest BCUT2D eigenvalue weighted by atomic mass is 10.1. The van der Waals surface area contributed by atoms with Crippen LogP contribution in [0, 0.1) is 17.8 Å². The average Bonchev–Trinajstić information content (AvgIpc) is 2.76. The number of ether oxygens (including phenoxy) is 2. The third-order valence-electron chi connectivity index (χ3n) is 4.03. The molecule has 0 saturated heterocycles. The highest BCUT2D eigenvalue weighted by Crippen LogP contribution is 2.58.